The van der Waals surface area contributed by atoms with Gasteiger partial charge in [-0.2, -0.15) is 0 Å². The van der Waals surface area contributed by atoms with Crippen molar-refractivity contribution in [1.82, 2.24) is 0 Å². The highest BCUT2D eigenvalue weighted by Crippen LogP contribution is 2.08. The van der Waals surface area contributed by atoms with Crippen LogP contribution in [0.1, 0.15) is 110 Å². The van der Waals surface area contributed by atoms with Crippen LogP contribution in [0, 0.1) is 0 Å². The first-order chi connectivity index (χ1) is 12.9. The summed E-state index contributed by atoms with van der Waals surface area (Å²) < 4.78 is 0. The summed E-state index contributed by atoms with van der Waals surface area (Å²) in [6.45, 7) is 4.54. The van der Waals surface area contributed by atoms with E-state index in [0.717, 1.165) is 6.42 Å². The standard InChI is InChI=1S/C26H44/c1-3-5-7-9-11-13-15-17-19-21-23-25-26-24-22-20-18-16-14-12-10-8-6-4-2/h15,17,19-23,26H,3-14,16,18,24H2,1-2H3/b17-15+,21-19+,22-20?. The number of hydrogen-bond acceptors (Lipinski definition) is 0. The maximum Gasteiger partial charge on any atom is -0.00929 e. The van der Waals surface area contributed by atoms with Crippen molar-refractivity contribution in [2.45, 2.75) is 110 Å². The molecule has 0 rings (SSSR count). The molecule has 0 aliphatic carbocycles. The molecule has 0 aromatic heterocycles. The van der Waals surface area contributed by atoms with E-state index in [1.807, 2.05) is 6.08 Å². The summed E-state index contributed by atoms with van der Waals surface area (Å²) in [5.41, 5.74) is 3.22. The fourth-order valence-corrected chi connectivity index (χ4v) is 2.85. The second kappa shape index (κ2) is 23.7. The van der Waals surface area contributed by atoms with Gasteiger partial charge in [-0.1, -0.05) is 115 Å². The van der Waals surface area contributed by atoms with Gasteiger partial charge in [-0.05, 0) is 44.3 Å². The molecule has 0 N–H and O–H groups in total. The quantitative estimate of drug-likeness (QED) is 0.0993. The summed E-state index contributed by atoms with van der Waals surface area (Å²) in [5.74, 6) is 0. The van der Waals surface area contributed by atoms with Gasteiger partial charge in [-0.25, -0.2) is 0 Å². The number of hydrogen-bond donors (Lipinski definition) is 0. The van der Waals surface area contributed by atoms with Crippen molar-refractivity contribution in [3.63, 3.8) is 0 Å². The molecule has 0 spiro atoms. The Balaban J connectivity index is 3.46. The molecule has 0 bridgehead atoms. The minimum absolute atomic E-state index is 0.994. The lowest BCUT2D eigenvalue weighted by atomic mass is 10.1. The van der Waals surface area contributed by atoms with Crippen LogP contribution in [0.2, 0.25) is 0 Å². The van der Waals surface area contributed by atoms with Gasteiger partial charge in [0.15, 0.2) is 0 Å². The van der Waals surface area contributed by atoms with Gasteiger partial charge in [0.1, 0.15) is 0 Å². The maximum absolute atomic E-state index is 3.22. The summed E-state index contributed by atoms with van der Waals surface area (Å²) in [4.78, 5) is 0. The average Bonchev–Trinajstić information content (AvgIpc) is 2.66. The Kier molecular flexibility index (Phi) is 22.6. The van der Waals surface area contributed by atoms with Crippen LogP contribution in [0.5, 0.6) is 0 Å². The number of unbranched alkanes of at least 4 members (excludes halogenated alkanes) is 12. The zero-order chi connectivity index (χ0) is 19.0. The van der Waals surface area contributed by atoms with Gasteiger partial charge >= 0.3 is 0 Å². The van der Waals surface area contributed by atoms with Crippen LogP contribution in [-0.4, -0.2) is 0 Å². The molecule has 0 atom stereocenters. The lowest BCUT2D eigenvalue weighted by Gasteiger charge is -1.98. The van der Waals surface area contributed by atoms with Crippen molar-refractivity contribution in [3.05, 3.63) is 54.3 Å². The average molecular weight is 357 g/mol. The fraction of sp³-hybridized carbons (Fsp3) is 0.654. The Morgan fingerprint density at radius 2 is 1.12 bits per heavy atom. The summed E-state index contributed by atoms with van der Waals surface area (Å²) >= 11 is 0. The molecule has 0 aromatic rings. The van der Waals surface area contributed by atoms with E-state index in [9.17, 15) is 0 Å². The van der Waals surface area contributed by atoms with E-state index in [1.54, 1.807) is 0 Å². The van der Waals surface area contributed by atoms with Crippen molar-refractivity contribution in [2.24, 2.45) is 0 Å². The third kappa shape index (κ3) is 22.7. The van der Waals surface area contributed by atoms with Crippen LogP contribution in [0.4, 0.5) is 0 Å². The Labute approximate surface area is 164 Å². The van der Waals surface area contributed by atoms with Crippen molar-refractivity contribution in [2.75, 3.05) is 0 Å². The maximum atomic E-state index is 3.22. The Bertz CT molecular complexity index is 402. The third-order valence-corrected chi connectivity index (χ3v) is 4.54. The van der Waals surface area contributed by atoms with E-state index in [4.69, 9.17) is 0 Å². The van der Waals surface area contributed by atoms with Gasteiger partial charge in [0.2, 0.25) is 0 Å². The zero-order valence-electron chi connectivity index (χ0n) is 17.7. The molecule has 0 amide bonds. The normalized spacial score (nSPS) is 11.6. The number of allylic oxidation sites excluding steroid dienone is 7. The molecule has 0 aromatic carbocycles. The van der Waals surface area contributed by atoms with E-state index < -0.39 is 0 Å². The smallest absolute Gasteiger partial charge is 0.00929 e. The molecule has 0 aliphatic heterocycles. The topological polar surface area (TPSA) is 0 Å². The lowest BCUT2D eigenvalue weighted by Crippen LogP contribution is -1.78. The third-order valence-electron chi connectivity index (χ3n) is 4.54. The van der Waals surface area contributed by atoms with Gasteiger partial charge in [0, 0.05) is 0 Å². The highest BCUT2D eigenvalue weighted by Gasteiger charge is 1.89. The largest absolute Gasteiger partial charge is 0.125 e. The van der Waals surface area contributed by atoms with Gasteiger partial charge in [-0.3, -0.25) is 0 Å². The van der Waals surface area contributed by atoms with Crippen LogP contribution in [0.3, 0.4) is 0 Å². The van der Waals surface area contributed by atoms with Crippen molar-refractivity contribution in [3.8, 4) is 0 Å². The Morgan fingerprint density at radius 1 is 0.538 bits per heavy atom. The molecule has 0 aliphatic rings. The summed E-state index contributed by atoms with van der Waals surface area (Å²) in [6, 6.07) is 0. The molecule has 0 fully saturated rings. The van der Waals surface area contributed by atoms with Crippen molar-refractivity contribution < 1.29 is 0 Å². The molecule has 148 valence electrons. The Hall–Kier alpha value is -1.26. The Morgan fingerprint density at radius 3 is 1.77 bits per heavy atom. The first-order valence-corrected chi connectivity index (χ1v) is 11.3. The fourth-order valence-electron chi connectivity index (χ4n) is 2.85. The highest BCUT2D eigenvalue weighted by molar-refractivity contribution is 5.11. The van der Waals surface area contributed by atoms with Crippen LogP contribution >= 0.6 is 0 Å². The number of rotatable bonds is 18. The monoisotopic (exact) mass is 356 g/mol. The van der Waals surface area contributed by atoms with Gasteiger partial charge < -0.3 is 0 Å². The molecular weight excluding hydrogens is 312 g/mol. The van der Waals surface area contributed by atoms with Crippen LogP contribution in [0.15, 0.2) is 54.3 Å². The summed E-state index contributed by atoms with van der Waals surface area (Å²) in [5, 5.41) is 0. The lowest BCUT2D eigenvalue weighted by molar-refractivity contribution is 0.592. The van der Waals surface area contributed by atoms with Gasteiger partial charge in [-0.15, -0.1) is 5.73 Å². The van der Waals surface area contributed by atoms with E-state index >= 15 is 0 Å². The predicted molar refractivity (Wildman–Crippen MR) is 121 cm³/mol. The SMILES string of the molecule is CCCCCCC/C=C/C=C/C=C=CCC=CCCCCCCCCC. The van der Waals surface area contributed by atoms with Crippen LogP contribution in [0.25, 0.3) is 0 Å². The van der Waals surface area contributed by atoms with E-state index in [1.165, 1.54) is 89.9 Å². The first-order valence-electron chi connectivity index (χ1n) is 11.3. The second-order valence-corrected chi connectivity index (χ2v) is 7.17. The molecule has 0 heterocycles. The molecule has 0 radical (unpaired) electrons. The molecule has 26 heavy (non-hydrogen) atoms. The molecule has 0 heteroatoms. The molecule has 0 nitrogen and oxygen atoms in total. The van der Waals surface area contributed by atoms with E-state index in [2.05, 4.69) is 62.1 Å². The summed E-state index contributed by atoms with van der Waals surface area (Å²) in [6.07, 6.45) is 37.2. The zero-order valence-corrected chi connectivity index (χ0v) is 17.7. The molecule has 0 saturated heterocycles. The molecular formula is C26H44. The van der Waals surface area contributed by atoms with E-state index in [-0.39, 0.29) is 0 Å². The van der Waals surface area contributed by atoms with Crippen molar-refractivity contribution in [1.29, 1.82) is 0 Å². The van der Waals surface area contributed by atoms with Crippen molar-refractivity contribution >= 4 is 0 Å². The molecule has 0 unspecified atom stereocenters. The molecule has 0 saturated carbocycles. The van der Waals surface area contributed by atoms with Gasteiger partial charge in [0.05, 0.1) is 0 Å². The van der Waals surface area contributed by atoms with Crippen LogP contribution in [-0.2, 0) is 0 Å². The minimum atomic E-state index is 0.994. The predicted octanol–water partition coefficient (Wildman–Crippen LogP) is 9.26. The first kappa shape index (κ1) is 24.7. The van der Waals surface area contributed by atoms with Gasteiger partial charge in [0.25, 0.3) is 0 Å². The highest BCUT2D eigenvalue weighted by atomic mass is 14.0. The minimum Gasteiger partial charge on any atom is -0.125 e. The van der Waals surface area contributed by atoms with Crippen LogP contribution < -0.4 is 0 Å². The van der Waals surface area contributed by atoms with E-state index in [0.29, 0.717) is 0 Å². The summed E-state index contributed by atoms with van der Waals surface area (Å²) in [7, 11) is 0. The second-order valence-electron chi connectivity index (χ2n) is 7.17.